The number of allylic oxidation sites excluding steroid dienone is 1. The predicted molar refractivity (Wildman–Crippen MR) is 76.5 cm³/mol. The predicted octanol–water partition coefficient (Wildman–Crippen LogP) is 5.12. The van der Waals surface area contributed by atoms with Crippen LogP contribution in [-0.4, -0.2) is 4.98 Å². The lowest BCUT2D eigenvalue weighted by Gasteiger charge is -2.02. The molecule has 0 aliphatic heterocycles. The summed E-state index contributed by atoms with van der Waals surface area (Å²) in [6, 6.07) is 2.00. The van der Waals surface area contributed by atoms with Gasteiger partial charge in [0.1, 0.15) is 0 Å². The fourth-order valence-corrected chi connectivity index (χ4v) is 1.14. The molecule has 0 aliphatic rings. The second-order valence-electron chi connectivity index (χ2n) is 2.63. The van der Waals surface area contributed by atoms with Gasteiger partial charge >= 0.3 is 0 Å². The molecule has 1 nitrogen and oxygen atoms in total. The van der Waals surface area contributed by atoms with Crippen LogP contribution in [0.5, 0.6) is 0 Å². The van der Waals surface area contributed by atoms with Gasteiger partial charge in [-0.2, -0.15) is 0 Å². The third kappa shape index (κ3) is 5.50. The minimum absolute atomic E-state index is 0.952. The molecule has 1 heteroatoms. The molecule has 0 saturated heterocycles. The van der Waals surface area contributed by atoms with Crippen LogP contribution in [0.25, 0.3) is 12.2 Å². The van der Waals surface area contributed by atoms with E-state index in [-0.39, 0.29) is 0 Å². The summed E-state index contributed by atoms with van der Waals surface area (Å²) in [5.41, 5.74) is 3.35. The highest BCUT2D eigenvalue weighted by atomic mass is 14.7. The van der Waals surface area contributed by atoms with Crippen LogP contribution in [-0.2, 0) is 0 Å². The average molecular weight is 219 g/mol. The van der Waals surface area contributed by atoms with Crippen molar-refractivity contribution in [1.29, 1.82) is 0 Å². The molecule has 16 heavy (non-hydrogen) atoms. The SMILES string of the molecule is C=Cc1nccc(C)c1/C=C\C.CC.CC. The molecule has 0 bridgehead atoms. The summed E-state index contributed by atoms with van der Waals surface area (Å²) in [7, 11) is 0. The Morgan fingerprint density at radius 2 is 1.75 bits per heavy atom. The first-order valence-corrected chi connectivity index (χ1v) is 6.00. The van der Waals surface area contributed by atoms with E-state index in [1.807, 2.05) is 46.8 Å². The van der Waals surface area contributed by atoms with E-state index in [1.54, 1.807) is 12.3 Å². The van der Waals surface area contributed by atoms with E-state index in [2.05, 4.69) is 24.6 Å². The van der Waals surface area contributed by atoms with Crippen molar-refractivity contribution >= 4 is 12.2 Å². The van der Waals surface area contributed by atoms with Gasteiger partial charge in [0.15, 0.2) is 0 Å². The Hall–Kier alpha value is -1.37. The second kappa shape index (κ2) is 11.7. The molecule has 0 aliphatic carbocycles. The van der Waals surface area contributed by atoms with Crippen molar-refractivity contribution in [3.05, 3.63) is 41.7 Å². The van der Waals surface area contributed by atoms with E-state index in [4.69, 9.17) is 0 Å². The third-order valence-corrected chi connectivity index (χ3v) is 1.77. The normalized spacial score (nSPS) is 8.62. The zero-order valence-corrected chi connectivity index (χ0v) is 11.5. The Morgan fingerprint density at radius 1 is 1.19 bits per heavy atom. The summed E-state index contributed by atoms with van der Waals surface area (Å²) in [6.45, 7) is 15.8. The Bertz CT molecular complexity index is 311. The number of hydrogen-bond acceptors (Lipinski definition) is 1. The summed E-state index contributed by atoms with van der Waals surface area (Å²) in [6.07, 6.45) is 7.65. The summed E-state index contributed by atoms with van der Waals surface area (Å²) >= 11 is 0. The molecule has 0 fully saturated rings. The Balaban J connectivity index is 0. The summed E-state index contributed by atoms with van der Waals surface area (Å²) in [4.78, 5) is 4.21. The van der Waals surface area contributed by atoms with Crippen molar-refractivity contribution in [3.8, 4) is 0 Å². The highest BCUT2D eigenvalue weighted by Crippen LogP contribution is 2.14. The number of nitrogens with zero attached hydrogens (tertiary/aromatic N) is 1. The molecule has 0 atom stereocenters. The number of pyridine rings is 1. The van der Waals surface area contributed by atoms with Crippen LogP contribution >= 0.6 is 0 Å². The molecular formula is C15H25N. The van der Waals surface area contributed by atoms with Gasteiger partial charge in [0, 0.05) is 11.8 Å². The van der Waals surface area contributed by atoms with Gasteiger partial charge in [-0.15, -0.1) is 0 Å². The lowest BCUT2D eigenvalue weighted by molar-refractivity contribution is 1.24. The molecule has 1 aromatic rings. The van der Waals surface area contributed by atoms with E-state index in [0.29, 0.717) is 0 Å². The fourth-order valence-electron chi connectivity index (χ4n) is 1.14. The van der Waals surface area contributed by atoms with Crippen LogP contribution in [0.15, 0.2) is 24.9 Å². The fraction of sp³-hybridized carbons (Fsp3) is 0.400. The number of rotatable bonds is 2. The summed E-state index contributed by atoms with van der Waals surface area (Å²) < 4.78 is 0. The van der Waals surface area contributed by atoms with Crippen molar-refractivity contribution in [2.75, 3.05) is 0 Å². The van der Waals surface area contributed by atoms with Crippen molar-refractivity contribution < 1.29 is 0 Å². The van der Waals surface area contributed by atoms with Crippen LogP contribution < -0.4 is 0 Å². The molecular weight excluding hydrogens is 194 g/mol. The summed E-state index contributed by atoms with van der Waals surface area (Å²) in [5, 5.41) is 0. The van der Waals surface area contributed by atoms with Crippen LogP contribution in [0.2, 0.25) is 0 Å². The maximum Gasteiger partial charge on any atom is 0.0698 e. The molecule has 0 radical (unpaired) electrons. The van der Waals surface area contributed by atoms with Gasteiger partial charge in [0.05, 0.1) is 5.69 Å². The van der Waals surface area contributed by atoms with E-state index >= 15 is 0 Å². The monoisotopic (exact) mass is 219 g/mol. The lowest BCUT2D eigenvalue weighted by atomic mass is 10.1. The summed E-state index contributed by atoms with van der Waals surface area (Å²) in [5.74, 6) is 0. The van der Waals surface area contributed by atoms with Gasteiger partial charge in [-0.1, -0.05) is 46.4 Å². The molecule has 1 heterocycles. The largest absolute Gasteiger partial charge is 0.256 e. The highest BCUT2D eigenvalue weighted by molar-refractivity contribution is 5.63. The van der Waals surface area contributed by atoms with E-state index in [0.717, 1.165) is 11.3 Å². The van der Waals surface area contributed by atoms with Crippen molar-refractivity contribution in [2.45, 2.75) is 41.5 Å². The number of aryl methyl sites for hydroxylation is 1. The van der Waals surface area contributed by atoms with Crippen LogP contribution in [0.1, 0.15) is 51.4 Å². The van der Waals surface area contributed by atoms with Crippen LogP contribution in [0.3, 0.4) is 0 Å². The first kappa shape index (κ1) is 17.0. The molecule has 1 aromatic heterocycles. The molecule has 0 spiro atoms. The third-order valence-electron chi connectivity index (χ3n) is 1.77. The molecule has 0 amide bonds. The standard InChI is InChI=1S/C11H13N.2C2H6/c1-4-6-10-9(3)7-8-12-11(10)5-2;2*1-2/h4-8H,2H2,1,3H3;2*1-2H3/b6-4-;;. The van der Waals surface area contributed by atoms with Gasteiger partial charge in [0.2, 0.25) is 0 Å². The van der Waals surface area contributed by atoms with Crippen molar-refractivity contribution in [1.82, 2.24) is 4.98 Å². The first-order valence-electron chi connectivity index (χ1n) is 6.00. The lowest BCUT2D eigenvalue weighted by Crippen LogP contribution is -1.89. The first-order chi connectivity index (χ1) is 7.79. The molecule has 90 valence electrons. The van der Waals surface area contributed by atoms with Crippen LogP contribution in [0, 0.1) is 6.92 Å². The maximum absolute atomic E-state index is 4.21. The average Bonchev–Trinajstić information content (AvgIpc) is 2.37. The van der Waals surface area contributed by atoms with E-state index in [9.17, 15) is 0 Å². The quantitative estimate of drug-likeness (QED) is 0.673. The zero-order valence-electron chi connectivity index (χ0n) is 11.5. The molecule has 1 rings (SSSR count). The van der Waals surface area contributed by atoms with Gasteiger partial charge in [-0.3, -0.25) is 4.98 Å². The second-order valence-corrected chi connectivity index (χ2v) is 2.63. The molecule has 0 N–H and O–H groups in total. The molecule has 0 saturated carbocycles. The Morgan fingerprint density at radius 3 is 2.19 bits per heavy atom. The molecule has 0 aromatic carbocycles. The van der Waals surface area contributed by atoms with E-state index in [1.165, 1.54) is 5.56 Å². The zero-order chi connectivity index (χ0) is 13.0. The molecule has 0 unspecified atom stereocenters. The van der Waals surface area contributed by atoms with Crippen molar-refractivity contribution in [3.63, 3.8) is 0 Å². The Kier molecular flexibility index (Phi) is 12.5. The van der Waals surface area contributed by atoms with Gasteiger partial charge in [-0.05, 0) is 31.6 Å². The smallest absolute Gasteiger partial charge is 0.0698 e. The number of hydrogen-bond donors (Lipinski definition) is 0. The van der Waals surface area contributed by atoms with Gasteiger partial charge < -0.3 is 0 Å². The Labute approximate surface area is 101 Å². The van der Waals surface area contributed by atoms with Crippen LogP contribution in [0.4, 0.5) is 0 Å². The van der Waals surface area contributed by atoms with Gasteiger partial charge in [0.25, 0.3) is 0 Å². The topological polar surface area (TPSA) is 12.9 Å². The number of aromatic nitrogens is 1. The van der Waals surface area contributed by atoms with Gasteiger partial charge in [-0.25, -0.2) is 0 Å². The van der Waals surface area contributed by atoms with E-state index < -0.39 is 0 Å². The minimum atomic E-state index is 0.952. The minimum Gasteiger partial charge on any atom is -0.256 e. The maximum atomic E-state index is 4.21. The highest BCUT2D eigenvalue weighted by Gasteiger charge is 1.98. The van der Waals surface area contributed by atoms with Crippen molar-refractivity contribution in [2.24, 2.45) is 0 Å².